The number of halogens is 1. The van der Waals surface area contributed by atoms with Crippen LogP contribution in [0.3, 0.4) is 0 Å². The number of rotatable bonds is 4. The molecule has 1 aromatic carbocycles. The highest BCUT2D eigenvalue weighted by Gasteiger charge is 2.12. The van der Waals surface area contributed by atoms with Crippen LogP contribution in [0.15, 0.2) is 24.3 Å². The molecule has 0 amide bonds. The minimum atomic E-state index is -0.324. The van der Waals surface area contributed by atoms with E-state index in [9.17, 15) is 9.18 Å². The first-order valence-corrected chi connectivity index (χ1v) is 4.71. The monoisotopic (exact) mass is 211 g/mol. The highest BCUT2D eigenvalue weighted by Crippen LogP contribution is 2.13. The second-order valence-electron chi connectivity index (χ2n) is 3.28. The minimum Gasteiger partial charge on any atom is -0.469 e. The van der Waals surface area contributed by atoms with Gasteiger partial charge in [-0.3, -0.25) is 4.79 Å². The van der Waals surface area contributed by atoms with Crippen LogP contribution in [0.1, 0.15) is 6.92 Å². The lowest BCUT2D eigenvalue weighted by atomic mass is 10.2. The van der Waals surface area contributed by atoms with Gasteiger partial charge in [0.25, 0.3) is 0 Å². The van der Waals surface area contributed by atoms with E-state index in [0.29, 0.717) is 12.2 Å². The largest absolute Gasteiger partial charge is 0.469 e. The van der Waals surface area contributed by atoms with Gasteiger partial charge in [-0.25, -0.2) is 4.39 Å². The van der Waals surface area contributed by atoms with Crippen LogP contribution in [-0.2, 0) is 9.53 Å². The summed E-state index contributed by atoms with van der Waals surface area (Å²) in [6.45, 7) is 2.08. The number of methoxy groups -OCH3 is 1. The van der Waals surface area contributed by atoms with Gasteiger partial charge in [-0.2, -0.15) is 0 Å². The van der Waals surface area contributed by atoms with E-state index < -0.39 is 0 Å². The van der Waals surface area contributed by atoms with Gasteiger partial charge in [-0.15, -0.1) is 0 Å². The molecule has 0 fully saturated rings. The molecule has 1 aromatic rings. The summed E-state index contributed by atoms with van der Waals surface area (Å²) in [5.41, 5.74) is 0.397. The van der Waals surface area contributed by atoms with E-state index in [-0.39, 0.29) is 17.7 Å². The van der Waals surface area contributed by atoms with E-state index in [1.54, 1.807) is 25.1 Å². The van der Waals surface area contributed by atoms with E-state index >= 15 is 0 Å². The van der Waals surface area contributed by atoms with Crippen LogP contribution >= 0.6 is 0 Å². The van der Waals surface area contributed by atoms with E-state index in [4.69, 9.17) is 0 Å². The maximum atomic E-state index is 13.1. The molecule has 3 nitrogen and oxygen atoms in total. The zero-order chi connectivity index (χ0) is 11.3. The third-order valence-corrected chi connectivity index (χ3v) is 2.08. The first-order chi connectivity index (χ1) is 7.15. The van der Waals surface area contributed by atoms with Crippen molar-refractivity contribution in [1.82, 2.24) is 0 Å². The Hall–Kier alpha value is -1.58. The summed E-state index contributed by atoms with van der Waals surface area (Å²) in [6, 6.07) is 6.34. The number of anilines is 1. The average molecular weight is 211 g/mol. The second kappa shape index (κ2) is 5.34. The van der Waals surface area contributed by atoms with E-state index in [1.165, 1.54) is 13.2 Å². The van der Waals surface area contributed by atoms with Gasteiger partial charge in [0, 0.05) is 6.54 Å². The van der Waals surface area contributed by atoms with Gasteiger partial charge in [-0.1, -0.05) is 19.1 Å². The molecule has 1 rings (SSSR count). The maximum absolute atomic E-state index is 13.1. The fourth-order valence-electron chi connectivity index (χ4n) is 1.15. The predicted octanol–water partition coefficient (Wildman–Crippen LogP) is 2.05. The number of benzene rings is 1. The summed E-state index contributed by atoms with van der Waals surface area (Å²) in [5.74, 6) is -0.928. The van der Waals surface area contributed by atoms with Crippen LogP contribution in [0.4, 0.5) is 10.1 Å². The Balaban J connectivity index is 2.50. The van der Waals surface area contributed by atoms with Crippen LogP contribution in [0, 0.1) is 11.7 Å². The molecule has 0 saturated heterocycles. The Bertz CT molecular complexity index is 341. The number of nitrogens with one attached hydrogen (secondary N) is 1. The first kappa shape index (κ1) is 11.5. The lowest BCUT2D eigenvalue weighted by molar-refractivity contribution is -0.144. The molecule has 0 radical (unpaired) electrons. The molecule has 0 aromatic heterocycles. The van der Waals surface area contributed by atoms with Crippen LogP contribution in [0.2, 0.25) is 0 Å². The van der Waals surface area contributed by atoms with Gasteiger partial charge >= 0.3 is 5.97 Å². The highest BCUT2D eigenvalue weighted by molar-refractivity contribution is 5.72. The summed E-state index contributed by atoms with van der Waals surface area (Å²) in [7, 11) is 1.34. The molecule has 0 heterocycles. The molecular formula is C11H14FNO2. The Morgan fingerprint density at radius 3 is 2.80 bits per heavy atom. The number of para-hydroxylation sites is 1. The third kappa shape index (κ3) is 3.23. The zero-order valence-electron chi connectivity index (χ0n) is 8.79. The molecule has 0 bridgehead atoms. The summed E-state index contributed by atoms with van der Waals surface area (Å²) in [6.07, 6.45) is 0. The Morgan fingerprint density at radius 2 is 2.20 bits per heavy atom. The Kier molecular flexibility index (Phi) is 4.09. The third-order valence-electron chi connectivity index (χ3n) is 2.08. The van der Waals surface area contributed by atoms with Gasteiger partial charge in [0.15, 0.2) is 0 Å². The number of hydrogen-bond acceptors (Lipinski definition) is 3. The number of carbonyl (C=O) groups excluding carboxylic acids is 1. The zero-order valence-corrected chi connectivity index (χ0v) is 8.79. The lowest BCUT2D eigenvalue weighted by Gasteiger charge is -2.11. The summed E-state index contributed by atoms with van der Waals surface area (Å²) < 4.78 is 17.7. The molecule has 15 heavy (non-hydrogen) atoms. The van der Waals surface area contributed by atoms with Crippen molar-refractivity contribution in [2.75, 3.05) is 19.0 Å². The molecule has 82 valence electrons. The van der Waals surface area contributed by atoms with Crippen molar-refractivity contribution >= 4 is 11.7 Å². The highest BCUT2D eigenvalue weighted by atomic mass is 19.1. The average Bonchev–Trinajstić information content (AvgIpc) is 2.26. The molecule has 0 aliphatic heterocycles. The Morgan fingerprint density at radius 1 is 1.53 bits per heavy atom. The lowest BCUT2D eigenvalue weighted by Crippen LogP contribution is -2.21. The fraction of sp³-hybridized carbons (Fsp3) is 0.364. The summed E-state index contributed by atoms with van der Waals surface area (Å²) in [5, 5.41) is 2.85. The number of hydrogen-bond donors (Lipinski definition) is 1. The molecule has 1 unspecified atom stereocenters. The van der Waals surface area contributed by atoms with Crippen LogP contribution in [0.5, 0.6) is 0 Å². The quantitative estimate of drug-likeness (QED) is 0.774. The molecular weight excluding hydrogens is 197 g/mol. The Labute approximate surface area is 88.2 Å². The SMILES string of the molecule is COC(=O)C(C)CNc1ccccc1F. The van der Waals surface area contributed by atoms with Crippen molar-refractivity contribution in [3.63, 3.8) is 0 Å². The van der Waals surface area contributed by atoms with Crippen LogP contribution < -0.4 is 5.32 Å². The van der Waals surface area contributed by atoms with Crippen LogP contribution in [0.25, 0.3) is 0 Å². The van der Waals surface area contributed by atoms with Crippen molar-refractivity contribution in [3.8, 4) is 0 Å². The smallest absolute Gasteiger partial charge is 0.310 e. The number of esters is 1. The molecule has 0 aliphatic carbocycles. The molecule has 1 atom stereocenters. The van der Waals surface area contributed by atoms with Crippen LogP contribution in [-0.4, -0.2) is 19.6 Å². The van der Waals surface area contributed by atoms with Gasteiger partial charge in [0.1, 0.15) is 5.82 Å². The topological polar surface area (TPSA) is 38.3 Å². The summed E-state index contributed by atoms with van der Waals surface area (Å²) >= 11 is 0. The normalized spacial score (nSPS) is 11.9. The van der Waals surface area contributed by atoms with Crippen molar-refractivity contribution in [1.29, 1.82) is 0 Å². The van der Waals surface area contributed by atoms with Gasteiger partial charge < -0.3 is 10.1 Å². The van der Waals surface area contributed by atoms with E-state index in [0.717, 1.165) is 0 Å². The summed E-state index contributed by atoms with van der Waals surface area (Å²) in [4.78, 5) is 11.1. The second-order valence-corrected chi connectivity index (χ2v) is 3.28. The van der Waals surface area contributed by atoms with Gasteiger partial charge in [0.2, 0.25) is 0 Å². The van der Waals surface area contributed by atoms with Gasteiger partial charge in [-0.05, 0) is 12.1 Å². The van der Waals surface area contributed by atoms with E-state index in [1.807, 2.05) is 0 Å². The van der Waals surface area contributed by atoms with Crippen molar-refractivity contribution in [3.05, 3.63) is 30.1 Å². The van der Waals surface area contributed by atoms with Gasteiger partial charge in [0.05, 0.1) is 18.7 Å². The predicted molar refractivity (Wildman–Crippen MR) is 56.1 cm³/mol. The molecule has 0 saturated carbocycles. The fourth-order valence-corrected chi connectivity index (χ4v) is 1.15. The molecule has 1 N–H and O–H groups in total. The molecule has 0 aliphatic rings. The van der Waals surface area contributed by atoms with Crippen molar-refractivity contribution in [2.45, 2.75) is 6.92 Å². The first-order valence-electron chi connectivity index (χ1n) is 4.71. The molecule has 0 spiro atoms. The maximum Gasteiger partial charge on any atom is 0.310 e. The molecule has 4 heteroatoms. The van der Waals surface area contributed by atoms with E-state index in [2.05, 4.69) is 10.1 Å². The number of carbonyl (C=O) groups is 1. The number of ether oxygens (including phenoxy) is 1. The van der Waals surface area contributed by atoms with Crippen molar-refractivity contribution < 1.29 is 13.9 Å². The standard InChI is InChI=1S/C11H14FNO2/c1-8(11(14)15-2)7-13-10-6-4-3-5-9(10)12/h3-6,8,13H,7H2,1-2H3. The van der Waals surface area contributed by atoms with Crippen molar-refractivity contribution in [2.24, 2.45) is 5.92 Å². The minimum absolute atomic E-state index is 0.297.